The van der Waals surface area contributed by atoms with Crippen molar-refractivity contribution >= 4 is 17.3 Å². The van der Waals surface area contributed by atoms with Crippen molar-refractivity contribution in [2.24, 2.45) is 0 Å². The molecular weight excluding hydrogens is 220 g/mol. The Hall–Kier alpha value is -0.730. The van der Waals surface area contributed by atoms with E-state index in [1.807, 2.05) is 12.1 Å². The molecule has 0 saturated carbocycles. The third-order valence-corrected chi connectivity index (χ3v) is 3.51. The molecule has 1 aromatic carbocycles. The highest BCUT2D eigenvalue weighted by Crippen LogP contribution is 2.27. The van der Waals surface area contributed by atoms with Crippen molar-refractivity contribution in [3.63, 3.8) is 0 Å². The molecule has 3 heteroatoms. The molecule has 1 heterocycles. The van der Waals surface area contributed by atoms with E-state index in [0.29, 0.717) is 6.04 Å². The van der Waals surface area contributed by atoms with Crippen molar-refractivity contribution in [2.75, 3.05) is 25.5 Å². The molecule has 88 valence electrons. The fourth-order valence-electron chi connectivity index (χ4n) is 2.30. The summed E-state index contributed by atoms with van der Waals surface area (Å²) in [6.45, 7) is 4.41. The number of hydrogen-bond donors (Lipinski definition) is 1. The van der Waals surface area contributed by atoms with Gasteiger partial charge in [0.25, 0.3) is 0 Å². The zero-order valence-corrected chi connectivity index (χ0v) is 10.7. The second kappa shape index (κ2) is 5.07. The van der Waals surface area contributed by atoms with Gasteiger partial charge in [-0.05, 0) is 45.0 Å². The van der Waals surface area contributed by atoms with Gasteiger partial charge in [-0.15, -0.1) is 0 Å². The number of anilines is 1. The lowest BCUT2D eigenvalue weighted by Gasteiger charge is -2.31. The lowest BCUT2D eigenvalue weighted by Crippen LogP contribution is -2.39. The lowest BCUT2D eigenvalue weighted by atomic mass is 10.1. The maximum atomic E-state index is 6.21. The molecule has 1 aromatic rings. The summed E-state index contributed by atoms with van der Waals surface area (Å²) in [5.74, 6) is 0. The van der Waals surface area contributed by atoms with Crippen molar-refractivity contribution in [1.82, 2.24) is 4.90 Å². The van der Waals surface area contributed by atoms with Gasteiger partial charge in [0.15, 0.2) is 0 Å². The summed E-state index contributed by atoms with van der Waals surface area (Å²) in [7, 11) is 2.17. The van der Waals surface area contributed by atoms with Crippen LogP contribution in [0.25, 0.3) is 0 Å². The molecule has 1 aliphatic heterocycles. The predicted octanol–water partition coefficient (Wildman–Crippen LogP) is 3.15. The van der Waals surface area contributed by atoms with Gasteiger partial charge < -0.3 is 10.2 Å². The lowest BCUT2D eigenvalue weighted by molar-refractivity contribution is 0.261. The average molecular weight is 239 g/mol. The molecule has 1 saturated heterocycles. The van der Waals surface area contributed by atoms with Crippen LogP contribution in [0.3, 0.4) is 0 Å². The highest BCUT2D eigenvalue weighted by Gasteiger charge is 2.18. The summed E-state index contributed by atoms with van der Waals surface area (Å²) in [4.78, 5) is 2.37. The Labute approximate surface area is 103 Å². The molecule has 0 aliphatic carbocycles. The zero-order chi connectivity index (χ0) is 11.5. The summed E-state index contributed by atoms with van der Waals surface area (Å²) in [5, 5.41) is 4.40. The fourth-order valence-corrected chi connectivity index (χ4v) is 2.58. The molecule has 0 amide bonds. The first kappa shape index (κ1) is 11.7. The number of para-hydroxylation sites is 1. The van der Waals surface area contributed by atoms with Gasteiger partial charge in [0.05, 0.1) is 10.7 Å². The second-order valence-corrected chi connectivity index (χ2v) is 5.08. The van der Waals surface area contributed by atoms with E-state index in [4.69, 9.17) is 11.6 Å². The van der Waals surface area contributed by atoms with E-state index in [2.05, 4.69) is 30.3 Å². The van der Waals surface area contributed by atoms with Gasteiger partial charge in [0.1, 0.15) is 0 Å². The SMILES string of the molecule is Cc1cccc(Cl)c1NC1CCCN(C)C1. The minimum Gasteiger partial charge on any atom is -0.380 e. The van der Waals surface area contributed by atoms with Crippen LogP contribution in [0.5, 0.6) is 0 Å². The first-order valence-corrected chi connectivity index (χ1v) is 6.25. The molecule has 2 nitrogen and oxygen atoms in total. The third kappa shape index (κ3) is 2.69. The van der Waals surface area contributed by atoms with E-state index in [0.717, 1.165) is 17.3 Å². The molecule has 0 aromatic heterocycles. The molecule has 16 heavy (non-hydrogen) atoms. The summed E-state index contributed by atoms with van der Waals surface area (Å²) >= 11 is 6.21. The maximum Gasteiger partial charge on any atom is 0.0640 e. The van der Waals surface area contributed by atoms with E-state index in [-0.39, 0.29) is 0 Å². The van der Waals surface area contributed by atoms with E-state index in [1.54, 1.807) is 0 Å². The van der Waals surface area contributed by atoms with Gasteiger partial charge in [-0.25, -0.2) is 0 Å². The summed E-state index contributed by atoms with van der Waals surface area (Å²) in [5.41, 5.74) is 2.32. The summed E-state index contributed by atoms with van der Waals surface area (Å²) in [6.07, 6.45) is 2.49. The van der Waals surface area contributed by atoms with Crippen LogP contribution in [0.4, 0.5) is 5.69 Å². The second-order valence-electron chi connectivity index (χ2n) is 4.68. The smallest absolute Gasteiger partial charge is 0.0640 e. The highest BCUT2D eigenvalue weighted by atomic mass is 35.5. The molecule has 0 spiro atoms. The summed E-state index contributed by atoms with van der Waals surface area (Å²) < 4.78 is 0. The van der Waals surface area contributed by atoms with Crippen LogP contribution in [0.15, 0.2) is 18.2 Å². The Balaban J connectivity index is 2.08. The fraction of sp³-hybridized carbons (Fsp3) is 0.538. The van der Waals surface area contributed by atoms with Crippen LogP contribution in [-0.4, -0.2) is 31.1 Å². The zero-order valence-electron chi connectivity index (χ0n) is 9.96. The Morgan fingerprint density at radius 2 is 2.25 bits per heavy atom. The number of likely N-dealkylation sites (tertiary alicyclic amines) is 1. The van der Waals surface area contributed by atoms with Crippen molar-refractivity contribution < 1.29 is 0 Å². The number of rotatable bonds is 2. The number of nitrogens with zero attached hydrogens (tertiary/aromatic N) is 1. The van der Waals surface area contributed by atoms with Crippen LogP contribution in [0, 0.1) is 6.92 Å². The number of aryl methyl sites for hydroxylation is 1. The van der Waals surface area contributed by atoms with Gasteiger partial charge in [-0.3, -0.25) is 0 Å². The Morgan fingerprint density at radius 1 is 1.44 bits per heavy atom. The normalized spacial score (nSPS) is 22.1. The van der Waals surface area contributed by atoms with Gasteiger partial charge in [0, 0.05) is 12.6 Å². The largest absolute Gasteiger partial charge is 0.380 e. The number of benzene rings is 1. The average Bonchev–Trinajstić information content (AvgIpc) is 2.24. The summed E-state index contributed by atoms with van der Waals surface area (Å²) in [6, 6.07) is 6.57. The number of halogens is 1. The van der Waals surface area contributed by atoms with Crippen LogP contribution >= 0.6 is 11.6 Å². The number of likely N-dealkylation sites (N-methyl/N-ethyl adjacent to an activating group) is 1. The van der Waals surface area contributed by atoms with Gasteiger partial charge in [-0.1, -0.05) is 23.7 Å². The van der Waals surface area contributed by atoms with Gasteiger partial charge in [0.2, 0.25) is 0 Å². The van der Waals surface area contributed by atoms with E-state index < -0.39 is 0 Å². The van der Waals surface area contributed by atoms with Crippen LogP contribution in [0.1, 0.15) is 18.4 Å². The van der Waals surface area contributed by atoms with E-state index in [1.165, 1.54) is 24.9 Å². The van der Waals surface area contributed by atoms with Gasteiger partial charge in [-0.2, -0.15) is 0 Å². The Morgan fingerprint density at radius 3 is 2.94 bits per heavy atom. The van der Waals surface area contributed by atoms with Crippen molar-refractivity contribution in [2.45, 2.75) is 25.8 Å². The number of piperidine rings is 1. The standard InChI is InChI=1S/C13H19ClN2/c1-10-5-3-7-12(14)13(10)15-11-6-4-8-16(2)9-11/h3,5,7,11,15H,4,6,8-9H2,1-2H3. The first-order valence-electron chi connectivity index (χ1n) is 5.87. The molecule has 1 fully saturated rings. The van der Waals surface area contributed by atoms with Crippen LogP contribution in [0.2, 0.25) is 5.02 Å². The topological polar surface area (TPSA) is 15.3 Å². The highest BCUT2D eigenvalue weighted by molar-refractivity contribution is 6.33. The molecule has 1 N–H and O–H groups in total. The number of nitrogens with one attached hydrogen (secondary N) is 1. The molecular formula is C13H19ClN2. The predicted molar refractivity (Wildman–Crippen MR) is 70.3 cm³/mol. The quantitative estimate of drug-likeness (QED) is 0.852. The number of hydrogen-bond acceptors (Lipinski definition) is 2. The molecule has 0 bridgehead atoms. The van der Waals surface area contributed by atoms with Gasteiger partial charge >= 0.3 is 0 Å². The van der Waals surface area contributed by atoms with Crippen molar-refractivity contribution in [1.29, 1.82) is 0 Å². The first-order chi connectivity index (χ1) is 7.66. The van der Waals surface area contributed by atoms with Crippen LogP contribution in [-0.2, 0) is 0 Å². The Bertz CT molecular complexity index is 345. The Kier molecular flexibility index (Phi) is 3.72. The van der Waals surface area contributed by atoms with E-state index >= 15 is 0 Å². The minimum atomic E-state index is 0.525. The van der Waals surface area contributed by atoms with Crippen molar-refractivity contribution in [3.05, 3.63) is 28.8 Å². The van der Waals surface area contributed by atoms with Crippen LogP contribution < -0.4 is 5.32 Å². The molecule has 0 radical (unpaired) electrons. The molecule has 2 rings (SSSR count). The van der Waals surface area contributed by atoms with E-state index in [9.17, 15) is 0 Å². The monoisotopic (exact) mass is 238 g/mol. The molecule has 1 aliphatic rings. The minimum absolute atomic E-state index is 0.525. The molecule has 1 atom stereocenters. The third-order valence-electron chi connectivity index (χ3n) is 3.19. The van der Waals surface area contributed by atoms with Crippen molar-refractivity contribution in [3.8, 4) is 0 Å². The maximum absolute atomic E-state index is 6.21. The molecule has 1 unspecified atom stereocenters.